The highest BCUT2D eigenvalue weighted by atomic mass is 16.6. The van der Waals surface area contributed by atoms with Crippen LogP contribution < -0.4 is 4.90 Å². The first-order valence-electron chi connectivity index (χ1n) is 5.46. The molecule has 1 heterocycles. The SMILES string of the molecule is O=C1OCc2ccccc2N1c1ccccc1. The summed E-state index contributed by atoms with van der Waals surface area (Å²) in [5.74, 6) is 0. The van der Waals surface area contributed by atoms with E-state index in [-0.39, 0.29) is 6.09 Å². The molecule has 0 atom stereocenters. The highest BCUT2D eigenvalue weighted by Crippen LogP contribution is 2.32. The van der Waals surface area contributed by atoms with Crippen molar-refractivity contribution in [1.82, 2.24) is 0 Å². The van der Waals surface area contributed by atoms with Crippen LogP contribution in [0.5, 0.6) is 0 Å². The maximum Gasteiger partial charge on any atom is 0.419 e. The van der Waals surface area contributed by atoms with E-state index in [2.05, 4.69) is 0 Å². The van der Waals surface area contributed by atoms with Gasteiger partial charge in [-0.1, -0.05) is 36.4 Å². The van der Waals surface area contributed by atoms with Crippen LogP contribution in [-0.4, -0.2) is 6.09 Å². The van der Waals surface area contributed by atoms with Crippen LogP contribution in [-0.2, 0) is 11.3 Å². The molecule has 0 saturated heterocycles. The molecule has 0 N–H and O–H groups in total. The lowest BCUT2D eigenvalue weighted by atomic mass is 10.1. The lowest BCUT2D eigenvalue weighted by Crippen LogP contribution is -2.31. The monoisotopic (exact) mass is 225 g/mol. The highest BCUT2D eigenvalue weighted by molar-refractivity contribution is 5.98. The molecule has 1 aliphatic rings. The van der Waals surface area contributed by atoms with Crippen LogP contribution in [0.3, 0.4) is 0 Å². The normalized spacial score (nSPS) is 14.1. The summed E-state index contributed by atoms with van der Waals surface area (Å²) in [5.41, 5.74) is 2.75. The standard InChI is InChI=1S/C14H11NO2/c16-14-15(12-7-2-1-3-8-12)13-9-5-4-6-11(13)10-17-14/h1-9H,10H2. The van der Waals surface area contributed by atoms with Gasteiger partial charge in [-0.05, 0) is 18.2 Å². The molecule has 1 aliphatic heterocycles. The van der Waals surface area contributed by atoms with E-state index in [1.54, 1.807) is 4.90 Å². The average Bonchev–Trinajstić information content (AvgIpc) is 2.39. The fraction of sp³-hybridized carbons (Fsp3) is 0.0714. The molecule has 2 aromatic carbocycles. The predicted octanol–water partition coefficient (Wildman–Crippen LogP) is 3.47. The molecule has 0 aliphatic carbocycles. The van der Waals surface area contributed by atoms with Crippen molar-refractivity contribution >= 4 is 17.5 Å². The molecular formula is C14H11NO2. The number of carbonyl (C=O) groups excluding carboxylic acids is 1. The Balaban J connectivity index is 2.13. The zero-order valence-electron chi connectivity index (χ0n) is 9.17. The van der Waals surface area contributed by atoms with Crippen LogP contribution in [0.1, 0.15) is 5.56 Å². The lowest BCUT2D eigenvalue weighted by Gasteiger charge is -2.28. The summed E-state index contributed by atoms with van der Waals surface area (Å²) in [4.78, 5) is 13.5. The third-order valence-electron chi connectivity index (χ3n) is 2.78. The number of carbonyl (C=O) groups is 1. The molecule has 0 saturated carbocycles. The number of ether oxygens (including phenoxy) is 1. The van der Waals surface area contributed by atoms with Gasteiger partial charge in [0, 0.05) is 5.56 Å². The van der Waals surface area contributed by atoms with Crippen molar-refractivity contribution in [2.24, 2.45) is 0 Å². The van der Waals surface area contributed by atoms with Gasteiger partial charge in [-0.2, -0.15) is 0 Å². The molecular weight excluding hydrogens is 214 g/mol. The largest absolute Gasteiger partial charge is 0.444 e. The van der Waals surface area contributed by atoms with Crippen molar-refractivity contribution in [3.8, 4) is 0 Å². The Morgan fingerprint density at radius 2 is 1.65 bits per heavy atom. The molecule has 1 amide bonds. The van der Waals surface area contributed by atoms with Crippen LogP contribution in [0.15, 0.2) is 54.6 Å². The number of amides is 1. The Morgan fingerprint density at radius 1 is 0.941 bits per heavy atom. The molecule has 2 aromatic rings. The number of cyclic esters (lactones) is 1. The third kappa shape index (κ3) is 1.65. The van der Waals surface area contributed by atoms with Gasteiger partial charge in [-0.3, -0.25) is 0 Å². The van der Waals surface area contributed by atoms with E-state index in [1.165, 1.54) is 0 Å². The number of nitrogens with zero attached hydrogens (tertiary/aromatic N) is 1. The van der Waals surface area contributed by atoms with Crippen molar-refractivity contribution in [1.29, 1.82) is 0 Å². The van der Waals surface area contributed by atoms with Crippen LogP contribution in [0, 0.1) is 0 Å². The maximum atomic E-state index is 11.9. The van der Waals surface area contributed by atoms with Gasteiger partial charge in [0.1, 0.15) is 6.61 Å². The van der Waals surface area contributed by atoms with Crippen molar-refractivity contribution < 1.29 is 9.53 Å². The van der Waals surface area contributed by atoms with Gasteiger partial charge in [0.2, 0.25) is 0 Å². The lowest BCUT2D eigenvalue weighted by molar-refractivity contribution is 0.145. The van der Waals surface area contributed by atoms with Crippen molar-refractivity contribution in [2.45, 2.75) is 6.61 Å². The molecule has 0 unspecified atom stereocenters. The Labute approximate surface area is 99.2 Å². The van der Waals surface area contributed by atoms with E-state index in [1.807, 2.05) is 54.6 Å². The maximum absolute atomic E-state index is 11.9. The first-order chi connectivity index (χ1) is 8.36. The first kappa shape index (κ1) is 9.90. The summed E-state index contributed by atoms with van der Waals surface area (Å²) in [7, 11) is 0. The van der Waals surface area contributed by atoms with Gasteiger partial charge < -0.3 is 4.74 Å². The number of anilines is 2. The first-order valence-corrected chi connectivity index (χ1v) is 5.46. The Kier molecular flexibility index (Phi) is 2.29. The number of fused-ring (bicyclic) bond motifs is 1. The van der Waals surface area contributed by atoms with E-state index >= 15 is 0 Å². The quantitative estimate of drug-likeness (QED) is 0.743. The second kappa shape index (κ2) is 3.94. The number of para-hydroxylation sites is 2. The number of benzene rings is 2. The van der Waals surface area contributed by atoms with Crippen molar-refractivity contribution in [3.63, 3.8) is 0 Å². The average molecular weight is 225 g/mol. The summed E-state index contributed by atoms with van der Waals surface area (Å²) in [6.45, 7) is 0.346. The summed E-state index contributed by atoms with van der Waals surface area (Å²) >= 11 is 0. The molecule has 3 heteroatoms. The molecule has 0 fully saturated rings. The molecule has 84 valence electrons. The van der Waals surface area contributed by atoms with Crippen LogP contribution in [0.2, 0.25) is 0 Å². The Hall–Kier alpha value is -2.29. The van der Waals surface area contributed by atoms with Crippen molar-refractivity contribution in [2.75, 3.05) is 4.90 Å². The molecule has 0 spiro atoms. The molecule has 0 aromatic heterocycles. The molecule has 17 heavy (non-hydrogen) atoms. The number of hydrogen-bond donors (Lipinski definition) is 0. The summed E-state index contributed by atoms with van der Waals surface area (Å²) in [6.07, 6.45) is -0.324. The minimum atomic E-state index is -0.324. The zero-order chi connectivity index (χ0) is 11.7. The van der Waals surface area contributed by atoms with E-state index in [0.29, 0.717) is 6.61 Å². The van der Waals surface area contributed by atoms with Gasteiger partial charge in [-0.15, -0.1) is 0 Å². The molecule has 3 nitrogen and oxygen atoms in total. The Bertz CT molecular complexity index is 551. The molecule has 0 bridgehead atoms. The smallest absolute Gasteiger partial charge is 0.419 e. The predicted molar refractivity (Wildman–Crippen MR) is 65.2 cm³/mol. The number of hydrogen-bond acceptors (Lipinski definition) is 2. The topological polar surface area (TPSA) is 29.5 Å². The van der Waals surface area contributed by atoms with E-state index in [0.717, 1.165) is 16.9 Å². The summed E-state index contributed by atoms with van der Waals surface area (Å²) in [5, 5.41) is 0. The van der Waals surface area contributed by atoms with Gasteiger partial charge >= 0.3 is 6.09 Å². The fourth-order valence-corrected chi connectivity index (χ4v) is 1.97. The van der Waals surface area contributed by atoms with Crippen LogP contribution >= 0.6 is 0 Å². The minimum absolute atomic E-state index is 0.324. The van der Waals surface area contributed by atoms with Gasteiger partial charge in [0.05, 0.1) is 11.4 Å². The molecule has 3 rings (SSSR count). The fourth-order valence-electron chi connectivity index (χ4n) is 1.97. The van der Waals surface area contributed by atoms with E-state index < -0.39 is 0 Å². The summed E-state index contributed by atoms with van der Waals surface area (Å²) in [6, 6.07) is 17.3. The van der Waals surface area contributed by atoms with Gasteiger partial charge in [0.25, 0.3) is 0 Å². The van der Waals surface area contributed by atoms with E-state index in [4.69, 9.17) is 4.74 Å². The van der Waals surface area contributed by atoms with E-state index in [9.17, 15) is 4.79 Å². The van der Waals surface area contributed by atoms with Crippen LogP contribution in [0.4, 0.5) is 16.2 Å². The second-order valence-corrected chi connectivity index (χ2v) is 3.85. The second-order valence-electron chi connectivity index (χ2n) is 3.85. The van der Waals surface area contributed by atoms with Gasteiger partial charge in [0.15, 0.2) is 0 Å². The number of rotatable bonds is 1. The molecule has 0 radical (unpaired) electrons. The third-order valence-corrected chi connectivity index (χ3v) is 2.78. The van der Waals surface area contributed by atoms with Crippen LogP contribution in [0.25, 0.3) is 0 Å². The van der Waals surface area contributed by atoms with Crippen molar-refractivity contribution in [3.05, 3.63) is 60.2 Å². The van der Waals surface area contributed by atoms with Gasteiger partial charge in [-0.25, -0.2) is 9.69 Å². The zero-order valence-corrected chi connectivity index (χ0v) is 9.17. The highest BCUT2D eigenvalue weighted by Gasteiger charge is 2.26. The Morgan fingerprint density at radius 3 is 2.47 bits per heavy atom. The minimum Gasteiger partial charge on any atom is -0.444 e. The summed E-state index contributed by atoms with van der Waals surface area (Å²) < 4.78 is 5.16.